The Balaban J connectivity index is 1.59. The summed E-state index contributed by atoms with van der Waals surface area (Å²) >= 11 is 0. The Kier molecular flexibility index (Phi) is 8.30. The Morgan fingerprint density at radius 2 is 1.65 bits per heavy atom. The molecule has 1 amide bonds. The molecule has 0 radical (unpaired) electrons. The summed E-state index contributed by atoms with van der Waals surface area (Å²) in [6.07, 6.45) is 8.09. The van der Waals surface area contributed by atoms with Gasteiger partial charge >= 0.3 is 5.97 Å². The molecule has 2 N–H and O–H groups in total. The third kappa shape index (κ3) is 6.80. The van der Waals surface area contributed by atoms with Crippen LogP contribution in [0.5, 0.6) is 0 Å². The number of anilines is 2. The van der Waals surface area contributed by atoms with Gasteiger partial charge in [-0.25, -0.2) is 14.8 Å². The second-order valence-corrected chi connectivity index (χ2v) is 9.55. The lowest BCUT2D eigenvalue weighted by atomic mass is 9.86. The van der Waals surface area contributed by atoms with Crippen molar-refractivity contribution in [3.05, 3.63) is 78.1 Å². The van der Waals surface area contributed by atoms with E-state index >= 15 is 0 Å². The van der Waals surface area contributed by atoms with Crippen LogP contribution in [0.1, 0.15) is 36.8 Å². The lowest BCUT2D eigenvalue weighted by Gasteiger charge is -2.30. The largest absolute Gasteiger partial charge is 0.478 e. The van der Waals surface area contributed by atoms with Crippen molar-refractivity contribution in [3.8, 4) is 11.1 Å². The van der Waals surface area contributed by atoms with Crippen LogP contribution in [0.15, 0.2) is 67.0 Å². The van der Waals surface area contributed by atoms with Gasteiger partial charge in [-0.05, 0) is 72.7 Å². The molecule has 0 aliphatic heterocycles. The van der Waals surface area contributed by atoms with Gasteiger partial charge < -0.3 is 15.1 Å². The van der Waals surface area contributed by atoms with Crippen LogP contribution >= 0.6 is 0 Å². The van der Waals surface area contributed by atoms with Crippen molar-refractivity contribution in [2.24, 2.45) is 5.92 Å². The summed E-state index contributed by atoms with van der Waals surface area (Å²) in [5.41, 5.74) is 3.62. The summed E-state index contributed by atoms with van der Waals surface area (Å²) in [7, 11) is 3.90. The number of hydrogen-bond donors (Lipinski definition) is 2. The molecule has 8 nitrogen and oxygen atoms in total. The highest BCUT2D eigenvalue weighted by atomic mass is 16.4. The number of pyridine rings is 2. The minimum absolute atomic E-state index is 0.0358. The Morgan fingerprint density at radius 1 is 0.946 bits per heavy atom. The number of aliphatic hydroxyl groups excluding tert-OH is 1. The summed E-state index contributed by atoms with van der Waals surface area (Å²) in [4.78, 5) is 37.1. The van der Waals surface area contributed by atoms with Gasteiger partial charge in [-0.1, -0.05) is 24.3 Å². The molecule has 1 saturated carbocycles. The number of rotatable bonds is 8. The van der Waals surface area contributed by atoms with Crippen molar-refractivity contribution in [1.29, 1.82) is 0 Å². The van der Waals surface area contributed by atoms with E-state index in [4.69, 9.17) is 5.11 Å². The number of carbonyl (C=O) groups is 2. The molecular formula is C29H32N4O4. The molecule has 0 unspecified atom stereocenters. The topological polar surface area (TPSA) is 107 Å². The zero-order valence-corrected chi connectivity index (χ0v) is 21.1. The van der Waals surface area contributed by atoms with Crippen molar-refractivity contribution >= 4 is 29.6 Å². The average molecular weight is 501 g/mol. The van der Waals surface area contributed by atoms with Gasteiger partial charge in [0.25, 0.3) is 0 Å². The molecule has 0 spiro atoms. The van der Waals surface area contributed by atoms with Gasteiger partial charge in [0.05, 0.1) is 12.6 Å². The first-order valence-corrected chi connectivity index (χ1v) is 12.4. The molecule has 1 aliphatic carbocycles. The summed E-state index contributed by atoms with van der Waals surface area (Å²) < 4.78 is 0. The minimum Gasteiger partial charge on any atom is -0.478 e. The third-order valence-electron chi connectivity index (χ3n) is 6.61. The third-order valence-corrected chi connectivity index (χ3v) is 6.61. The molecule has 3 aromatic rings. The van der Waals surface area contributed by atoms with Crippen molar-refractivity contribution in [1.82, 2.24) is 9.97 Å². The van der Waals surface area contributed by atoms with Crippen LogP contribution in [0, 0.1) is 5.92 Å². The highest BCUT2D eigenvalue weighted by molar-refractivity contribution is 5.94. The molecule has 0 saturated heterocycles. The summed E-state index contributed by atoms with van der Waals surface area (Å²) in [6, 6.07) is 15.4. The maximum Gasteiger partial charge on any atom is 0.328 e. The minimum atomic E-state index is -1.04. The van der Waals surface area contributed by atoms with Crippen LogP contribution in [0.2, 0.25) is 0 Å². The van der Waals surface area contributed by atoms with E-state index in [1.54, 1.807) is 23.2 Å². The number of amides is 1. The molecule has 8 heteroatoms. The predicted molar refractivity (Wildman–Crippen MR) is 144 cm³/mol. The molecule has 2 heterocycles. The SMILES string of the molecule is CN(C)c1ccc(-c2ccc(CN(C(=O)C3CCC(O)CC3)c3cc(/C=C/C(=O)O)ccn3)cc2)cn1. The van der Waals surface area contributed by atoms with E-state index in [0.717, 1.165) is 28.6 Å². The van der Waals surface area contributed by atoms with Crippen molar-refractivity contribution in [2.45, 2.75) is 38.3 Å². The van der Waals surface area contributed by atoms with E-state index in [-0.39, 0.29) is 17.9 Å². The van der Waals surface area contributed by atoms with Crippen LogP contribution in [-0.2, 0) is 16.1 Å². The fourth-order valence-electron chi connectivity index (χ4n) is 4.47. The number of aliphatic carboxylic acids is 1. The van der Waals surface area contributed by atoms with E-state index < -0.39 is 5.97 Å². The number of benzene rings is 1. The van der Waals surface area contributed by atoms with Gasteiger partial charge in [0.1, 0.15) is 11.6 Å². The first-order chi connectivity index (χ1) is 17.8. The molecule has 1 aliphatic rings. The highest BCUT2D eigenvalue weighted by Gasteiger charge is 2.30. The van der Waals surface area contributed by atoms with Crippen molar-refractivity contribution in [2.75, 3.05) is 23.9 Å². The molecular weight excluding hydrogens is 468 g/mol. The summed E-state index contributed by atoms with van der Waals surface area (Å²) in [6.45, 7) is 0.328. The molecule has 2 aromatic heterocycles. The number of aliphatic hydroxyl groups is 1. The second-order valence-electron chi connectivity index (χ2n) is 9.55. The Labute approximate surface area is 216 Å². The fraction of sp³-hybridized carbons (Fsp3) is 0.310. The standard InChI is InChI=1S/C29H32N4O4/c1-32(2)26-13-10-24(18-31-26)22-6-3-21(4-7-22)19-33(29(37)23-8-11-25(34)12-9-23)27-17-20(15-16-30-27)5-14-28(35)36/h3-7,10,13-18,23,25,34H,8-9,11-12,19H2,1-2H3,(H,35,36)/b14-5+. The Bertz CT molecular complexity index is 1250. The number of hydrogen-bond acceptors (Lipinski definition) is 6. The highest BCUT2D eigenvalue weighted by Crippen LogP contribution is 2.29. The van der Waals surface area contributed by atoms with Gasteiger partial charge in [-0.2, -0.15) is 0 Å². The van der Waals surface area contributed by atoms with Crippen LogP contribution in [0.25, 0.3) is 17.2 Å². The lowest BCUT2D eigenvalue weighted by Crippen LogP contribution is -2.38. The van der Waals surface area contributed by atoms with Gasteiger partial charge in [0.2, 0.25) is 5.91 Å². The normalized spacial score (nSPS) is 17.5. The number of nitrogens with zero attached hydrogens (tertiary/aromatic N) is 4. The molecule has 1 fully saturated rings. The smallest absolute Gasteiger partial charge is 0.328 e. The molecule has 4 rings (SSSR count). The van der Waals surface area contributed by atoms with Crippen molar-refractivity contribution in [3.63, 3.8) is 0 Å². The maximum atomic E-state index is 13.6. The first kappa shape index (κ1) is 26.0. The van der Waals surface area contributed by atoms with Crippen LogP contribution in [0.4, 0.5) is 11.6 Å². The van der Waals surface area contributed by atoms with E-state index in [2.05, 4.69) is 9.97 Å². The molecule has 0 bridgehead atoms. The summed E-state index contributed by atoms with van der Waals surface area (Å²) in [5.74, 6) is 0.0860. The second kappa shape index (κ2) is 11.8. The van der Waals surface area contributed by atoms with E-state index in [9.17, 15) is 14.7 Å². The number of carbonyl (C=O) groups excluding carboxylic acids is 1. The Hall–Kier alpha value is -4.04. The molecule has 0 atom stereocenters. The molecule has 1 aromatic carbocycles. The van der Waals surface area contributed by atoms with E-state index in [1.165, 1.54) is 6.08 Å². The average Bonchev–Trinajstić information content (AvgIpc) is 2.91. The zero-order valence-electron chi connectivity index (χ0n) is 21.1. The van der Waals surface area contributed by atoms with Crippen LogP contribution in [0.3, 0.4) is 0 Å². The van der Waals surface area contributed by atoms with Gasteiger partial charge in [0, 0.05) is 44.0 Å². The van der Waals surface area contributed by atoms with Gasteiger partial charge in [-0.15, -0.1) is 0 Å². The molecule has 192 valence electrons. The van der Waals surface area contributed by atoms with E-state index in [0.29, 0.717) is 43.6 Å². The molecule has 37 heavy (non-hydrogen) atoms. The lowest BCUT2D eigenvalue weighted by molar-refractivity contribution is -0.131. The zero-order chi connectivity index (χ0) is 26.4. The van der Waals surface area contributed by atoms with Crippen LogP contribution in [-0.4, -0.2) is 52.3 Å². The van der Waals surface area contributed by atoms with E-state index in [1.807, 2.05) is 61.6 Å². The number of aromatic nitrogens is 2. The maximum absolute atomic E-state index is 13.6. The number of carboxylic acid groups (broad SMARTS) is 1. The first-order valence-electron chi connectivity index (χ1n) is 12.4. The van der Waals surface area contributed by atoms with Crippen molar-refractivity contribution < 1.29 is 19.8 Å². The Morgan fingerprint density at radius 3 is 2.27 bits per heavy atom. The van der Waals surface area contributed by atoms with Gasteiger partial charge in [-0.3, -0.25) is 9.69 Å². The fourth-order valence-corrected chi connectivity index (χ4v) is 4.47. The quantitative estimate of drug-likeness (QED) is 0.442. The summed E-state index contributed by atoms with van der Waals surface area (Å²) in [5, 5.41) is 18.9. The van der Waals surface area contributed by atoms with Crippen LogP contribution < -0.4 is 9.80 Å². The van der Waals surface area contributed by atoms with Gasteiger partial charge in [0.15, 0.2) is 0 Å². The predicted octanol–water partition coefficient (Wildman–Crippen LogP) is 4.39. The number of carboxylic acids is 1. The monoisotopic (exact) mass is 500 g/mol.